The lowest BCUT2D eigenvalue weighted by molar-refractivity contribution is 0.155. The molecule has 5 nitrogen and oxygen atoms in total. The summed E-state index contributed by atoms with van der Waals surface area (Å²) >= 11 is 13.1. The number of hydrogen-bond donors (Lipinski definition) is 0. The average molecular weight is 531 g/mol. The number of allylic oxidation sites excluding steroid dienone is 1. The summed E-state index contributed by atoms with van der Waals surface area (Å²) in [5.74, 6) is 1.45. The second-order valence-corrected chi connectivity index (χ2v) is 11.9. The normalized spacial score (nSPS) is 18.9. The summed E-state index contributed by atoms with van der Waals surface area (Å²) in [6, 6.07) is 14.2. The molecular formula is C30H28Cl2N4O. The molecule has 3 heterocycles. The van der Waals surface area contributed by atoms with E-state index in [1.165, 1.54) is 24.1 Å². The van der Waals surface area contributed by atoms with Crippen LogP contribution in [0.25, 0.3) is 28.2 Å². The molecule has 4 aromatic rings. The minimum absolute atomic E-state index is 0.398. The smallest absolute Gasteiger partial charge is 0.147 e. The van der Waals surface area contributed by atoms with Gasteiger partial charge < -0.3 is 9.42 Å². The number of piperidine rings is 1. The quantitative estimate of drug-likeness (QED) is 0.265. The Morgan fingerprint density at radius 2 is 1.76 bits per heavy atom. The van der Waals surface area contributed by atoms with Crippen molar-refractivity contribution in [3.05, 3.63) is 75.1 Å². The van der Waals surface area contributed by atoms with Gasteiger partial charge in [0.05, 0.1) is 21.3 Å². The Bertz CT molecular complexity index is 1520. The average Bonchev–Trinajstić information content (AvgIpc) is 3.64. The third-order valence-electron chi connectivity index (χ3n) is 8.34. The van der Waals surface area contributed by atoms with Gasteiger partial charge in [-0.1, -0.05) is 46.1 Å². The molecule has 7 heteroatoms. The van der Waals surface area contributed by atoms with E-state index in [9.17, 15) is 0 Å². The number of nitrogens with zero attached hydrogens (tertiary/aromatic N) is 4. The van der Waals surface area contributed by atoms with Crippen molar-refractivity contribution in [2.45, 2.75) is 51.4 Å². The van der Waals surface area contributed by atoms with Gasteiger partial charge in [-0.3, -0.25) is 0 Å². The van der Waals surface area contributed by atoms with Crippen LogP contribution in [0.5, 0.6) is 0 Å². The summed E-state index contributed by atoms with van der Waals surface area (Å²) in [5.41, 5.74) is 7.65. The molecule has 3 fully saturated rings. The SMILES string of the molecule is Cc1cc2ccc(N3CCC4(CC3)CC(=Cc3c(-c5c(Cl)cccc5Cl)noc3C3CC3)C4)cc2nn1. The number of rotatable bonds is 4. The maximum Gasteiger partial charge on any atom is 0.147 e. The topological polar surface area (TPSA) is 55.1 Å². The lowest BCUT2D eigenvalue weighted by atomic mass is 9.60. The molecule has 188 valence electrons. The molecule has 0 N–H and O–H groups in total. The number of aromatic nitrogens is 3. The summed E-state index contributed by atoms with van der Waals surface area (Å²) in [6.45, 7) is 4.12. The number of halogens is 2. The van der Waals surface area contributed by atoms with Crippen molar-refractivity contribution in [3.8, 4) is 11.3 Å². The number of aryl methyl sites for hydroxylation is 1. The van der Waals surface area contributed by atoms with Crippen molar-refractivity contribution < 1.29 is 4.52 Å². The van der Waals surface area contributed by atoms with E-state index >= 15 is 0 Å². The summed E-state index contributed by atoms with van der Waals surface area (Å²) in [7, 11) is 0. The van der Waals surface area contributed by atoms with Crippen LogP contribution < -0.4 is 4.90 Å². The molecule has 2 aliphatic carbocycles. The van der Waals surface area contributed by atoms with Crippen molar-refractivity contribution in [2.75, 3.05) is 18.0 Å². The number of anilines is 1. The van der Waals surface area contributed by atoms with E-state index in [0.717, 1.165) is 78.0 Å². The van der Waals surface area contributed by atoms with Gasteiger partial charge in [0, 0.05) is 41.2 Å². The fourth-order valence-corrected chi connectivity index (χ4v) is 6.70. The van der Waals surface area contributed by atoms with Gasteiger partial charge in [-0.25, -0.2) is 0 Å². The predicted molar refractivity (Wildman–Crippen MR) is 149 cm³/mol. The van der Waals surface area contributed by atoms with Gasteiger partial charge in [-0.2, -0.15) is 10.2 Å². The molecule has 2 aromatic carbocycles. The van der Waals surface area contributed by atoms with E-state index in [4.69, 9.17) is 27.7 Å². The molecule has 0 amide bonds. The van der Waals surface area contributed by atoms with Crippen LogP contribution >= 0.6 is 23.2 Å². The zero-order valence-corrected chi connectivity index (χ0v) is 22.3. The molecule has 37 heavy (non-hydrogen) atoms. The Balaban J connectivity index is 1.09. The minimum atomic E-state index is 0.398. The molecule has 1 spiro atoms. The molecule has 2 saturated carbocycles. The fraction of sp³-hybridized carbons (Fsp3) is 0.367. The summed E-state index contributed by atoms with van der Waals surface area (Å²) in [4.78, 5) is 2.50. The fourth-order valence-electron chi connectivity index (χ4n) is 6.13. The highest BCUT2D eigenvalue weighted by Gasteiger charge is 2.43. The first kappa shape index (κ1) is 23.2. The van der Waals surface area contributed by atoms with Gasteiger partial charge in [0.2, 0.25) is 0 Å². The monoisotopic (exact) mass is 530 g/mol. The van der Waals surface area contributed by atoms with Crippen molar-refractivity contribution in [1.29, 1.82) is 0 Å². The van der Waals surface area contributed by atoms with Crippen molar-refractivity contribution >= 4 is 45.9 Å². The van der Waals surface area contributed by atoms with Crippen LogP contribution in [0.3, 0.4) is 0 Å². The number of hydrogen-bond acceptors (Lipinski definition) is 5. The van der Waals surface area contributed by atoms with E-state index in [1.54, 1.807) is 0 Å². The lowest BCUT2D eigenvalue weighted by Crippen LogP contribution is -2.44. The van der Waals surface area contributed by atoms with Gasteiger partial charge in [-0.15, -0.1) is 0 Å². The van der Waals surface area contributed by atoms with Crippen molar-refractivity contribution in [3.63, 3.8) is 0 Å². The molecular weight excluding hydrogens is 503 g/mol. The third-order valence-corrected chi connectivity index (χ3v) is 8.97. The molecule has 2 aromatic heterocycles. The van der Waals surface area contributed by atoms with Gasteiger partial charge in [0.25, 0.3) is 0 Å². The van der Waals surface area contributed by atoms with Gasteiger partial charge in [0.1, 0.15) is 11.5 Å². The Morgan fingerprint density at radius 1 is 1.00 bits per heavy atom. The molecule has 0 atom stereocenters. The molecule has 0 bridgehead atoms. The summed E-state index contributed by atoms with van der Waals surface area (Å²) < 4.78 is 5.86. The van der Waals surface area contributed by atoms with Gasteiger partial charge in [-0.05, 0) is 87.3 Å². The van der Waals surface area contributed by atoms with Crippen LogP contribution in [-0.2, 0) is 0 Å². The Kier molecular flexibility index (Phi) is 5.56. The Hall–Kier alpha value is -2.89. The Morgan fingerprint density at radius 3 is 2.49 bits per heavy atom. The van der Waals surface area contributed by atoms with Crippen LogP contribution in [0.1, 0.15) is 61.5 Å². The Labute approximate surface area is 226 Å². The molecule has 7 rings (SSSR count). The van der Waals surface area contributed by atoms with Crippen LogP contribution in [0.15, 0.2) is 52.6 Å². The molecule has 3 aliphatic rings. The first-order valence-corrected chi connectivity index (χ1v) is 13.9. The summed E-state index contributed by atoms with van der Waals surface area (Å²) in [6.07, 6.45) is 9.29. The zero-order valence-electron chi connectivity index (χ0n) is 20.8. The van der Waals surface area contributed by atoms with Crippen LogP contribution in [0, 0.1) is 12.3 Å². The molecule has 0 unspecified atom stereocenters. The molecule has 0 radical (unpaired) electrons. The maximum absolute atomic E-state index is 6.55. The van der Waals surface area contributed by atoms with Crippen LogP contribution in [-0.4, -0.2) is 28.4 Å². The first-order chi connectivity index (χ1) is 18.0. The standard InChI is InChI=1S/C30H28Cl2N4O/c1-18-13-21-7-8-22(15-26(21)34-33-18)36-11-9-30(10-12-36)16-19(17-30)14-23-28(35-37-29(23)20-5-6-20)27-24(31)3-2-4-25(27)32/h2-4,7-8,13-15,20H,5-6,9-12,16-17H2,1H3. The van der Waals surface area contributed by atoms with Crippen LogP contribution in [0.4, 0.5) is 5.69 Å². The minimum Gasteiger partial charge on any atom is -0.371 e. The predicted octanol–water partition coefficient (Wildman–Crippen LogP) is 8.24. The highest BCUT2D eigenvalue weighted by Crippen LogP contribution is 2.54. The number of benzene rings is 2. The maximum atomic E-state index is 6.55. The van der Waals surface area contributed by atoms with E-state index in [0.29, 0.717) is 21.4 Å². The van der Waals surface area contributed by atoms with Gasteiger partial charge >= 0.3 is 0 Å². The van der Waals surface area contributed by atoms with Crippen molar-refractivity contribution in [1.82, 2.24) is 15.4 Å². The zero-order chi connectivity index (χ0) is 25.1. The number of fused-ring (bicyclic) bond motifs is 1. The van der Waals surface area contributed by atoms with Crippen LogP contribution in [0.2, 0.25) is 10.0 Å². The molecule has 1 saturated heterocycles. The molecule has 1 aliphatic heterocycles. The third kappa shape index (κ3) is 4.22. The van der Waals surface area contributed by atoms with E-state index in [-0.39, 0.29) is 0 Å². The second-order valence-electron chi connectivity index (χ2n) is 11.1. The van der Waals surface area contributed by atoms with E-state index < -0.39 is 0 Å². The van der Waals surface area contributed by atoms with E-state index in [1.807, 2.05) is 25.1 Å². The van der Waals surface area contributed by atoms with Gasteiger partial charge in [0.15, 0.2) is 0 Å². The van der Waals surface area contributed by atoms with Crippen molar-refractivity contribution in [2.24, 2.45) is 5.41 Å². The summed E-state index contributed by atoms with van der Waals surface area (Å²) in [5, 5.41) is 15.4. The second kappa shape index (κ2) is 8.85. The highest BCUT2D eigenvalue weighted by molar-refractivity contribution is 6.39. The highest BCUT2D eigenvalue weighted by atomic mass is 35.5. The van der Waals surface area contributed by atoms with E-state index in [2.05, 4.69) is 50.6 Å². The first-order valence-electron chi connectivity index (χ1n) is 13.1. The largest absolute Gasteiger partial charge is 0.371 e. The lowest BCUT2D eigenvalue weighted by Gasteiger charge is -2.50.